The summed E-state index contributed by atoms with van der Waals surface area (Å²) in [5, 5.41) is 7.00. The van der Waals surface area contributed by atoms with Gasteiger partial charge in [0.2, 0.25) is 5.89 Å². The summed E-state index contributed by atoms with van der Waals surface area (Å²) in [7, 11) is -3.80. The van der Waals surface area contributed by atoms with Gasteiger partial charge in [0.1, 0.15) is 0 Å². The van der Waals surface area contributed by atoms with Crippen molar-refractivity contribution < 1.29 is 26.4 Å². The highest BCUT2D eigenvalue weighted by molar-refractivity contribution is 7.90. The van der Waals surface area contributed by atoms with Crippen LogP contribution in [0.5, 0.6) is 0 Å². The molecule has 9 nitrogen and oxygen atoms in total. The zero-order valence-corrected chi connectivity index (χ0v) is 19.7. The van der Waals surface area contributed by atoms with Gasteiger partial charge in [0.15, 0.2) is 0 Å². The monoisotopic (exact) mass is 505 g/mol. The molecule has 0 unspecified atom stereocenters. The molecular formula is C23H25F2N5O4S. The van der Waals surface area contributed by atoms with E-state index in [4.69, 9.17) is 9.15 Å². The van der Waals surface area contributed by atoms with Gasteiger partial charge in [-0.1, -0.05) is 30.3 Å². The standard InChI is InChI=1S/C23H25F2N5O4S/c24-21(25)23-27-26-22(34-23)18-8-6-17(7-9-18)14-30(19-4-2-1-3-5-19)35(31,32)29-12-10-28(11-13-29)20-15-33-16-20/h1-9,20-21H,10-16H2. The van der Waals surface area contributed by atoms with Crippen molar-refractivity contribution in [1.29, 1.82) is 0 Å². The average Bonchev–Trinajstić information content (AvgIpc) is 3.34. The lowest BCUT2D eigenvalue weighted by molar-refractivity contribution is -0.0721. The van der Waals surface area contributed by atoms with E-state index in [0.717, 1.165) is 5.56 Å². The summed E-state index contributed by atoms with van der Waals surface area (Å²) in [4.78, 5) is 2.28. The van der Waals surface area contributed by atoms with Crippen molar-refractivity contribution in [3.8, 4) is 11.5 Å². The largest absolute Gasteiger partial charge is 0.415 e. The third-order valence-electron chi connectivity index (χ3n) is 6.21. The van der Waals surface area contributed by atoms with E-state index in [1.54, 1.807) is 48.5 Å². The van der Waals surface area contributed by atoms with Crippen LogP contribution in [0.1, 0.15) is 17.9 Å². The molecule has 0 spiro atoms. The summed E-state index contributed by atoms with van der Waals surface area (Å²) in [5.41, 5.74) is 1.75. The lowest BCUT2D eigenvalue weighted by Crippen LogP contribution is -2.59. The first-order chi connectivity index (χ1) is 16.9. The molecule has 2 fully saturated rings. The fraction of sp³-hybridized carbons (Fsp3) is 0.391. The minimum Gasteiger partial charge on any atom is -0.415 e. The second-order valence-electron chi connectivity index (χ2n) is 8.42. The highest BCUT2D eigenvalue weighted by Gasteiger charge is 2.36. The Morgan fingerprint density at radius 3 is 2.23 bits per heavy atom. The summed E-state index contributed by atoms with van der Waals surface area (Å²) < 4.78 is 66.1. The first-order valence-corrected chi connectivity index (χ1v) is 12.7. The first-order valence-electron chi connectivity index (χ1n) is 11.3. The Morgan fingerprint density at radius 1 is 0.971 bits per heavy atom. The Hall–Kier alpha value is -2.93. The fourth-order valence-corrected chi connectivity index (χ4v) is 5.74. The summed E-state index contributed by atoms with van der Waals surface area (Å²) >= 11 is 0. The van der Waals surface area contributed by atoms with Crippen LogP contribution in [-0.4, -0.2) is 73.3 Å². The van der Waals surface area contributed by atoms with E-state index in [1.165, 1.54) is 8.61 Å². The van der Waals surface area contributed by atoms with Crippen LogP contribution in [0.15, 0.2) is 59.0 Å². The molecule has 0 saturated carbocycles. The van der Waals surface area contributed by atoms with E-state index < -0.39 is 22.5 Å². The predicted octanol–water partition coefficient (Wildman–Crippen LogP) is 2.94. The smallest absolute Gasteiger partial charge is 0.314 e. The molecule has 5 rings (SSSR count). The van der Waals surface area contributed by atoms with E-state index in [-0.39, 0.29) is 12.4 Å². The summed E-state index contributed by atoms with van der Waals surface area (Å²) in [6.07, 6.45) is -2.84. The van der Waals surface area contributed by atoms with Crippen molar-refractivity contribution >= 4 is 15.9 Å². The van der Waals surface area contributed by atoms with E-state index in [2.05, 4.69) is 15.1 Å². The van der Waals surface area contributed by atoms with Gasteiger partial charge in [0.25, 0.3) is 5.89 Å². The molecule has 3 heterocycles. The normalized spacial score (nSPS) is 18.0. The number of rotatable bonds is 8. The highest BCUT2D eigenvalue weighted by atomic mass is 32.2. The number of hydrogen-bond acceptors (Lipinski definition) is 7. The Balaban J connectivity index is 1.34. The number of para-hydroxylation sites is 1. The van der Waals surface area contributed by atoms with Gasteiger partial charge in [-0.15, -0.1) is 10.2 Å². The maximum absolute atomic E-state index is 13.7. The third-order valence-corrected chi connectivity index (χ3v) is 8.13. The van der Waals surface area contributed by atoms with Crippen LogP contribution in [0.4, 0.5) is 14.5 Å². The van der Waals surface area contributed by atoms with E-state index in [9.17, 15) is 17.2 Å². The first kappa shape index (κ1) is 23.8. The lowest BCUT2D eigenvalue weighted by atomic mass is 10.1. The van der Waals surface area contributed by atoms with Gasteiger partial charge in [0, 0.05) is 31.7 Å². The highest BCUT2D eigenvalue weighted by Crippen LogP contribution is 2.27. The molecule has 2 aliphatic rings. The number of piperazine rings is 1. The molecule has 1 aromatic heterocycles. The predicted molar refractivity (Wildman–Crippen MR) is 124 cm³/mol. The molecule has 0 atom stereocenters. The van der Waals surface area contributed by atoms with Crippen molar-refractivity contribution in [1.82, 2.24) is 19.4 Å². The van der Waals surface area contributed by atoms with Gasteiger partial charge < -0.3 is 9.15 Å². The molecule has 3 aromatic rings. The molecule has 2 aliphatic heterocycles. The average molecular weight is 506 g/mol. The van der Waals surface area contributed by atoms with Crippen molar-refractivity contribution in [3.05, 3.63) is 66.1 Å². The molecule has 2 saturated heterocycles. The van der Waals surface area contributed by atoms with Gasteiger partial charge in [-0.25, -0.2) is 0 Å². The second kappa shape index (κ2) is 9.97. The van der Waals surface area contributed by atoms with E-state index >= 15 is 0 Å². The molecular weight excluding hydrogens is 480 g/mol. The lowest BCUT2D eigenvalue weighted by Gasteiger charge is -2.43. The second-order valence-corrected chi connectivity index (χ2v) is 10.3. The van der Waals surface area contributed by atoms with Crippen molar-refractivity contribution in [3.63, 3.8) is 0 Å². The van der Waals surface area contributed by atoms with Crippen LogP contribution < -0.4 is 4.31 Å². The summed E-state index contributed by atoms with van der Waals surface area (Å²) in [6.45, 7) is 3.65. The molecule has 12 heteroatoms. The van der Waals surface area contributed by atoms with Crippen molar-refractivity contribution in [2.45, 2.75) is 19.0 Å². The Bertz CT molecular complexity index is 1230. The number of ether oxygens (including phenoxy) is 1. The van der Waals surface area contributed by atoms with Gasteiger partial charge in [-0.3, -0.25) is 9.21 Å². The number of alkyl halides is 2. The maximum atomic E-state index is 13.7. The molecule has 0 N–H and O–H groups in total. The topological polar surface area (TPSA) is 92.0 Å². The molecule has 0 amide bonds. The molecule has 35 heavy (non-hydrogen) atoms. The molecule has 2 aromatic carbocycles. The number of benzene rings is 2. The van der Waals surface area contributed by atoms with Crippen LogP contribution in [0.2, 0.25) is 0 Å². The zero-order valence-electron chi connectivity index (χ0n) is 18.8. The number of halogens is 2. The third kappa shape index (κ3) is 5.06. The number of anilines is 1. The molecule has 186 valence electrons. The van der Waals surface area contributed by atoms with Crippen molar-refractivity contribution in [2.24, 2.45) is 0 Å². The Labute approximate surface area is 202 Å². The Morgan fingerprint density at radius 2 is 1.66 bits per heavy atom. The van der Waals surface area contributed by atoms with Crippen LogP contribution in [0.25, 0.3) is 11.5 Å². The van der Waals surface area contributed by atoms with E-state index in [0.29, 0.717) is 56.7 Å². The minimum absolute atomic E-state index is 0.0193. The van der Waals surface area contributed by atoms with Crippen LogP contribution in [0.3, 0.4) is 0 Å². The summed E-state index contributed by atoms with van der Waals surface area (Å²) in [6, 6.07) is 16.1. The zero-order chi connectivity index (χ0) is 24.4. The maximum Gasteiger partial charge on any atom is 0.314 e. The fourth-order valence-electron chi connectivity index (χ4n) is 4.13. The Kier molecular flexibility index (Phi) is 6.78. The van der Waals surface area contributed by atoms with Crippen LogP contribution in [0, 0.1) is 0 Å². The molecule has 0 aliphatic carbocycles. The van der Waals surface area contributed by atoms with Crippen LogP contribution >= 0.6 is 0 Å². The molecule has 0 radical (unpaired) electrons. The van der Waals surface area contributed by atoms with Crippen molar-refractivity contribution in [2.75, 3.05) is 43.7 Å². The van der Waals surface area contributed by atoms with Gasteiger partial charge >= 0.3 is 16.6 Å². The van der Waals surface area contributed by atoms with Crippen LogP contribution in [-0.2, 0) is 21.5 Å². The van der Waals surface area contributed by atoms with Gasteiger partial charge in [-0.2, -0.15) is 21.5 Å². The quantitative estimate of drug-likeness (QED) is 0.465. The number of aromatic nitrogens is 2. The molecule has 0 bridgehead atoms. The number of hydrogen-bond donors (Lipinski definition) is 0. The van der Waals surface area contributed by atoms with Gasteiger partial charge in [-0.05, 0) is 29.8 Å². The van der Waals surface area contributed by atoms with Gasteiger partial charge in [0.05, 0.1) is 31.5 Å². The SMILES string of the molecule is O=S(=O)(N1CCN(C2COC2)CC1)N(Cc1ccc(-c2nnc(C(F)F)o2)cc1)c1ccccc1. The van der Waals surface area contributed by atoms with E-state index in [1.807, 2.05) is 6.07 Å². The number of nitrogens with zero attached hydrogens (tertiary/aromatic N) is 5. The summed E-state index contributed by atoms with van der Waals surface area (Å²) in [5.74, 6) is -0.760. The minimum atomic E-state index is -3.80.